The molecular formula is C16H23NO4. The molecule has 0 fully saturated rings. The van der Waals surface area contributed by atoms with Crippen molar-refractivity contribution < 1.29 is 19.1 Å². The number of aryl methyl sites for hydroxylation is 2. The number of carbonyl (C=O) groups excluding carboxylic acids is 2. The fraction of sp³-hybridized carbons (Fsp3) is 0.500. The van der Waals surface area contributed by atoms with Crippen molar-refractivity contribution in [2.45, 2.75) is 27.7 Å². The Morgan fingerprint density at radius 3 is 2.33 bits per heavy atom. The summed E-state index contributed by atoms with van der Waals surface area (Å²) in [6, 6.07) is 5.75. The molecule has 0 aliphatic rings. The fourth-order valence-corrected chi connectivity index (χ4v) is 1.96. The molecule has 0 saturated carbocycles. The molecule has 0 heterocycles. The van der Waals surface area contributed by atoms with Gasteiger partial charge in [0.05, 0.1) is 6.54 Å². The summed E-state index contributed by atoms with van der Waals surface area (Å²) >= 11 is 0. The first-order valence-corrected chi connectivity index (χ1v) is 7.06. The van der Waals surface area contributed by atoms with E-state index in [1.54, 1.807) is 0 Å². The van der Waals surface area contributed by atoms with Crippen molar-refractivity contribution >= 4 is 11.9 Å². The summed E-state index contributed by atoms with van der Waals surface area (Å²) in [4.78, 5) is 24.6. The maximum atomic E-state index is 12.0. The van der Waals surface area contributed by atoms with Crippen LogP contribution in [0.25, 0.3) is 0 Å². The maximum absolute atomic E-state index is 12.0. The molecule has 1 rings (SSSR count). The maximum Gasteiger partial charge on any atom is 0.325 e. The quantitative estimate of drug-likeness (QED) is 0.569. The number of esters is 2. The van der Waals surface area contributed by atoms with Gasteiger partial charge in [-0.3, -0.25) is 14.5 Å². The van der Waals surface area contributed by atoms with Crippen LogP contribution in [0, 0.1) is 13.8 Å². The van der Waals surface area contributed by atoms with Gasteiger partial charge in [-0.25, -0.2) is 0 Å². The predicted molar refractivity (Wildman–Crippen MR) is 80.3 cm³/mol. The molecule has 0 N–H and O–H groups in total. The van der Waals surface area contributed by atoms with Gasteiger partial charge in [0.2, 0.25) is 0 Å². The summed E-state index contributed by atoms with van der Waals surface area (Å²) in [7, 11) is 0. The van der Waals surface area contributed by atoms with Crippen LogP contribution >= 0.6 is 0 Å². The Morgan fingerprint density at radius 1 is 1.19 bits per heavy atom. The topological polar surface area (TPSA) is 55.8 Å². The van der Waals surface area contributed by atoms with Gasteiger partial charge in [-0.2, -0.15) is 0 Å². The van der Waals surface area contributed by atoms with E-state index in [4.69, 9.17) is 9.47 Å². The Bertz CT molecular complexity index is 479. The molecule has 21 heavy (non-hydrogen) atoms. The third-order valence-electron chi connectivity index (χ3n) is 3.14. The van der Waals surface area contributed by atoms with E-state index >= 15 is 0 Å². The van der Waals surface area contributed by atoms with Gasteiger partial charge in [0, 0.05) is 13.5 Å². The van der Waals surface area contributed by atoms with Gasteiger partial charge in [-0.15, -0.1) is 0 Å². The number of hydrogen-bond donors (Lipinski definition) is 0. The summed E-state index contributed by atoms with van der Waals surface area (Å²) in [6.45, 7) is 8.78. The molecule has 0 amide bonds. The first kappa shape index (κ1) is 17.2. The lowest BCUT2D eigenvalue weighted by Crippen LogP contribution is -2.35. The van der Waals surface area contributed by atoms with Crippen LogP contribution in [0.1, 0.15) is 25.0 Å². The van der Waals surface area contributed by atoms with Crippen LogP contribution in [-0.4, -0.2) is 43.1 Å². The summed E-state index contributed by atoms with van der Waals surface area (Å²) in [5, 5.41) is 0. The normalized spacial score (nSPS) is 10.5. The number of benzene rings is 1. The second-order valence-corrected chi connectivity index (χ2v) is 4.90. The van der Waals surface area contributed by atoms with Gasteiger partial charge < -0.3 is 9.47 Å². The third kappa shape index (κ3) is 5.95. The smallest absolute Gasteiger partial charge is 0.325 e. The highest BCUT2D eigenvalue weighted by atomic mass is 16.5. The summed E-state index contributed by atoms with van der Waals surface area (Å²) in [5.74, 6) is -0.000205. The zero-order valence-electron chi connectivity index (χ0n) is 13.1. The molecule has 1 aromatic rings. The Hall–Kier alpha value is -1.88. The van der Waals surface area contributed by atoms with Crippen LogP contribution in [0.4, 0.5) is 0 Å². The first-order chi connectivity index (χ1) is 9.93. The largest absolute Gasteiger partial charge is 0.465 e. The van der Waals surface area contributed by atoms with Crippen molar-refractivity contribution in [3.05, 3.63) is 29.3 Å². The summed E-state index contributed by atoms with van der Waals surface area (Å²) < 4.78 is 10.3. The van der Waals surface area contributed by atoms with Crippen molar-refractivity contribution in [1.29, 1.82) is 0 Å². The highest BCUT2D eigenvalue weighted by Crippen LogP contribution is 2.22. The van der Waals surface area contributed by atoms with Crippen molar-refractivity contribution in [2.75, 3.05) is 26.2 Å². The second-order valence-electron chi connectivity index (χ2n) is 4.90. The molecule has 0 saturated heterocycles. The van der Waals surface area contributed by atoms with Crippen molar-refractivity contribution in [1.82, 2.24) is 4.90 Å². The van der Waals surface area contributed by atoms with E-state index in [0.717, 1.165) is 11.1 Å². The van der Waals surface area contributed by atoms with Crippen LogP contribution in [0.2, 0.25) is 0 Å². The van der Waals surface area contributed by atoms with Gasteiger partial charge in [0.15, 0.2) is 0 Å². The number of likely N-dealkylation sites (N-methyl/N-ethyl adjacent to an activating group) is 1. The Labute approximate surface area is 125 Å². The third-order valence-corrected chi connectivity index (χ3v) is 3.14. The second kappa shape index (κ2) is 8.42. The number of rotatable bonds is 7. The van der Waals surface area contributed by atoms with Crippen LogP contribution in [0.5, 0.6) is 5.75 Å². The number of hydrogen-bond acceptors (Lipinski definition) is 5. The molecule has 5 heteroatoms. The molecule has 0 unspecified atom stereocenters. The lowest BCUT2D eigenvalue weighted by atomic mass is 10.1. The minimum atomic E-state index is -0.316. The molecule has 0 atom stereocenters. The van der Waals surface area contributed by atoms with Crippen LogP contribution in [0.3, 0.4) is 0 Å². The van der Waals surface area contributed by atoms with E-state index in [9.17, 15) is 9.59 Å². The highest BCUT2D eigenvalue weighted by Gasteiger charge is 2.14. The SMILES string of the molecule is CCN(CCOC(C)=O)CC(=O)Oc1c(C)cccc1C. The zero-order chi connectivity index (χ0) is 15.8. The number of para-hydroxylation sites is 1. The Kier molecular flexibility index (Phi) is 6.88. The van der Waals surface area contributed by atoms with Gasteiger partial charge >= 0.3 is 11.9 Å². The number of nitrogens with zero attached hydrogens (tertiary/aromatic N) is 1. The summed E-state index contributed by atoms with van der Waals surface area (Å²) in [6.07, 6.45) is 0. The molecule has 116 valence electrons. The van der Waals surface area contributed by atoms with Crippen molar-refractivity contribution in [2.24, 2.45) is 0 Å². The molecular weight excluding hydrogens is 270 g/mol. The minimum absolute atomic E-state index is 0.172. The standard InChI is InChI=1S/C16H23NO4/c1-5-17(9-10-20-14(4)18)11-15(19)21-16-12(2)7-6-8-13(16)3/h6-8H,5,9-11H2,1-4H3. The van der Waals surface area contributed by atoms with Crippen molar-refractivity contribution in [3.8, 4) is 5.75 Å². The van der Waals surface area contributed by atoms with Gasteiger partial charge in [-0.05, 0) is 31.5 Å². The van der Waals surface area contributed by atoms with E-state index in [1.807, 2.05) is 43.9 Å². The Balaban J connectivity index is 2.53. The van der Waals surface area contributed by atoms with E-state index in [2.05, 4.69) is 0 Å². The summed E-state index contributed by atoms with van der Waals surface area (Å²) in [5.41, 5.74) is 1.87. The average Bonchev–Trinajstić information content (AvgIpc) is 2.41. The van der Waals surface area contributed by atoms with Crippen molar-refractivity contribution in [3.63, 3.8) is 0 Å². The van der Waals surface area contributed by atoms with Gasteiger partial charge in [-0.1, -0.05) is 25.1 Å². The zero-order valence-corrected chi connectivity index (χ0v) is 13.1. The molecule has 5 nitrogen and oxygen atoms in total. The van der Waals surface area contributed by atoms with Crippen LogP contribution in [0.15, 0.2) is 18.2 Å². The Morgan fingerprint density at radius 2 is 1.81 bits per heavy atom. The number of carbonyl (C=O) groups is 2. The van der Waals surface area contributed by atoms with Gasteiger partial charge in [0.25, 0.3) is 0 Å². The molecule has 0 spiro atoms. The monoisotopic (exact) mass is 293 g/mol. The minimum Gasteiger partial charge on any atom is -0.465 e. The lowest BCUT2D eigenvalue weighted by molar-refractivity contribution is -0.141. The fourth-order valence-electron chi connectivity index (χ4n) is 1.96. The van der Waals surface area contributed by atoms with E-state index in [0.29, 0.717) is 18.8 Å². The average molecular weight is 293 g/mol. The van der Waals surface area contributed by atoms with E-state index in [-0.39, 0.29) is 25.1 Å². The molecule has 0 aliphatic carbocycles. The van der Waals surface area contributed by atoms with E-state index < -0.39 is 0 Å². The molecule has 1 aromatic carbocycles. The molecule has 0 aromatic heterocycles. The highest BCUT2D eigenvalue weighted by molar-refractivity contribution is 5.75. The van der Waals surface area contributed by atoms with Crippen LogP contribution in [-0.2, 0) is 14.3 Å². The first-order valence-electron chi connectivity index (χ1n) is 7.06. The molecule has 0 radical (unpaired) electrons. The predicted octanol–water partition coefficient (Wildman–Crippen LogP) is 2.09. The lowest BCUT2D eigenvalue weighted by Gasteiger charge is -2.19. The molecule has 0 bridgehead atoms. The van der Waals surface area contributed by atoms with E-state index in [1.165, 1.54) is 6.92 Å². The van der Waals surface area contributed by atoms with Crippen LogP contribution < -0.4 is 4.74 Å². The number of ether oxygens (including phenoxy) is 2. The van der Waals surface area contributed by atoms with Gasteiger partial charge in [0.1, 0.15) is 12.4 Å². The molecule has 0 aliphatic heterocycles.